The van der Waals surface area contributed by atoms with Gasteiger partial charge in [0.2, 0.25) is 0 Å². The van der Waals surface area contributed by atoms with E-state index in [2.05, 4.69) is 53.4 Å². The van der Waals surface area contributed by atoms with Crippen LogP contribution in [-0.2, 0) is 6.54 Å². The second-order valence-electron chi connectivity index (χ2n) is 6.03. The van der Waals surface area contributed by atoms with Gasteiger partial charge < -0.3 is 5.32 Å². The summed E-state index contributed by atoms with van der Waals surface area (Å²) < 4.78 is 1.94. The van der Waals surface area contributed by atoms with E-state index in [1.165, 1.54) is 18.5 Å². The first-order valence-electron chi connectivity index (χ1n) is 7.79. The van der Waals surface area contributed by atoms with Crippen LogP contribution < -0.4 is 5.32 Å². The van der Waals surface area contributed by atoms with Crippen molar-refractivity contribution >= 4 is 0 Å². The number of aromatic nitrogens is 2. The molecule has 1 aromatic carbocycles. The van der Waals surface area contributed by atoms with Crippen LogP contribution in [0, 0.1) is 0 Å². The molecule has 2 aromatic rings. The largest absolute Gasteiger partial charge is 0.309 e. The second kappa shape index (κ2) is 6.41. The predicted molar refractivity (Wildman–Crippen MR) is 85.5 cm³/mol. The summed E-state index contributed by atoms with van der Waals surface area (Å²) >= 11 is 0. The van der Waals surface area contributed by atoms with Gasteiger partial charge in [0.15, 0.2) is 0 Å². The van der Waals surface area contributed by atoms with E-state index in [9.17, 15) is 0 Å². The van der Waals surface area contributed by atoms with Crippen molar-refractivity contribution in [3.63, 3.8) is 0 Å². The second-order valence-corrected chi connectivity index (χ2v) is 6.03. The number of para-hydroxylation sites is 1. The first kappa shape index (κ1) is 14.3. The standard InChI is InChI=1S/C17H24N4/c1-14(2)20-11-8-16(13-20)18-12-15-6-3-4-7-17(15)21-10-5-9-19-21/h3-7,9-10,14,16,18H,8,11-13H2,1-2H3. The van der Waals surface area contributed by atoms with Gasteiger partial charge in [-0.05, 0) is 44.5 Å². The molecule has 0 radical (unpaired) electrons. The molecule has 1 aromatic heterocycles. The fourth-order valence-electron chi connectivity index (χ4n) is 2.97. The molecule has 3 rings (SSSR count). The predicted octanol–water partition coefficient (Wildman–Crippen LogP) is 2.44. The number of hydrogen-bond donors (Lipinski definition) is 1. The Morgan fingerprint density at radius 1 is 1.29 bits per heavy atom. The van der Waals surface area contributed by atoms with Gasteiger partial charge in [-0.15, -0.1) is 0 Å². The fourth-order valence-corrected chi connectivity index (χ4v) is 2.97. The lowest BCUT2D eigenvalue weighted by Gasteiger charge is -2.20. The molecular formula is C17H24N4. The molecule has 1 unspecified atom stereocenters. The van der Waals surface area contributed by atoms with E-state index in [-0.39, 0.29) is 0 Å². The van der Waals surface area contributed by atoms with E-state index in [1.807, 2.05) is 23.1 Å². The lowest BCUT2D eigenvalue weighted by Crippen LogP contribution is -2.35. The van der Waals surface area contributed by atoms with Crippen LogP contribution in [0.3, 0.4) is 0 Å². The number of likely N-dealkylation sites (tertiary alicyclic amines) is 1. The molecule has 2 heterocycles. The van der Waals surface area contributed by atoms with E-state index in [0.29, 0.717) is 12.1 Å². The van der Waals surface area contributed by atoms with Crippen molar-refractivity contribution in [1.82, 2.24) is 20.0 Å². The Labute approximate surface area is 126 Å². The monoisotopic (exact) mass is 284 g/mol. The summed E-state index contributed by atoms with van der Waals surface area (Å²) in [5.41, 5.74) is 2.46. The summed E-state index contributed by atoms with van der Waals surface area (Å²) in [6.45, 7) is 7.80. The lowest BCUT2D eigenvalue weighted by molar-refractivity contribution is 0.268. The summed E-state index contributed by atoms with van der Waals surface area (Å²) in [5.74, 6) is 0. The fraction of sp³-hybridized carbons (Fsp3) is 0.471. The quantitative estimate of drug-likeness (QED) is 0.915. The van der Waals surface area contributed by atoms with Crippen LogP contribution in [0.1, 0.15) is 25.8 Å². The summed E-state index contributed by atoms with van der Waals surface area (Å²) in [6.07, 6.45) is 5.05. The summed E-state index contributed by atoms with van der Waals surface area (Å²) in [7, 11) is 0. The average Bonchev–Trinajstić information content (AvgIpc) is 3.17. The Kier molecular flexibility index (Phi) is 4.36. The minimum Gasteiger partial charge on any atom is -0.309 e. The highest BCUT2D eigenvalue weighted by molar-refractivity contribution is 5.40. The maximum absolute atomic E-state index is 4.34. The number of nitrogens with one attached hydrogen (secondary N) is 1. The Bertz CT molecular complexity index is 562. The highest BCUT2D eigenvalue weighted by atomic mass is 15.3. The van der Waals surface area contributed by atoms with Crippen molar-refractivity contribution in [2.75, 3.05) is 13.1 Å². The Morgan fingerprint density at radius 3 is 2.86 bits per heavy atom. The van der Waals surface area contributed by atoms with Gasteiger partial charge in [-0.25, -0.2) is 4.68 Å². The first-order valence-corrected chi connectivity index (χ1v) is 7.79. The van der Waals surface area contributed by atoms with Crippen LogP contribution in [0.5, 0.6) is 0 Å². The molecule has 1 fully saturated rings. The van der Waals surface area contributed by atoms with Gasteiger partial charge in [0.25, 0.3) is 0 Å². The summed E-state index contributed by atoms with van der Waals surface area (Å²) in [4.78, 5) is 2.54. The molecule has 4 nitrogen and oxygen atoms in total. The van der Waals surface area contributed by atoms with Gasteiger partial charge in [0.05, 0.1) is 5.69 Å². The van der Waals surface area contributed by atoms with Crippen LogP contribution >= 0.6 is 0 Å². The van der Waals surface area contributed by atoms with Crippen molar-refractivity contribution in [3.05, 3.63) is 48.3 Å². The number of benzene rings is 1. The minimum absolute atomic E-state index is 0.595. The van der Waals surface area contributed by atoms with Crippen molar-refractivity contribution in [3.8, 4) is 5.69 Å². The van der Waals surface area contributed by atoms with E-state index < -0.39 is 0 Å². The summed E-state index contributed by atoms with van der Waals surface area (Å²) in [5, 5.41) is 8.05. The summed E-state index contributed by atoms with van der Waals surface area (Å²) in [6, 6.07) is 11.7. The van der Waals surface area contributed by atoms with Gasteiger partial charge in [-0.2, -0.15) is 5.10 Å². The zero-order valence-electron chi connectivity index (χ0n) is 12.9. The molecule has 0 aliphatic carbocycles. The minimum atomic E-state index is 0.595. The third-order valence-corrected chi connectivity index (χ3v) is 4.27. The van der Waals surface area contributed by atoms with Gasteiger partial charge in [0.1, 0.15) is 0 Å². The molecule has 1 aliphatic heterocycles. The van der Waals surface area contributed by atoms with Crippen LogP contribution in [0.2, 0.25) is 0 Å². The third-order valence-electron chi connectivity index (χ3n) is 4.27. The molecule has 0 amide bonds. The molecule has 1 saturated heterocycles. The lowest BCUT2D eigenvalue weighted by atomic mass is 10.1. The highest BCUT2D eigenvalue weighted by Gasteiger charge is 2.23. The van der Waals surface area contributed by atoms with E-state index >= 15 is 0 Å². The zero-order valence-corrected chi connectivity index (χ0v) is 12.9. The van der Waals surface area contributed by atoms with E-state index in [4.69, 9.17) is 0 Å². The molecule has 21 heavy (non-hydrogen) atoms. The van der Waals surface area contributed by atoms with Crippen LogP contribution in [0.25, 0.3) is 5.69 Å². The Morgan fingerprint density at radius 2 is 2.14 bits per heavy atom. The van der Waals surface area contributed by atoms with Crippen LogP contribution in [-0.4, -0.2) is 39.9 Å². The molecule has 0 spiro atoms. The SMILES string of the molecule is CC(C)N1CCC(NCc2ccccc2-n2cccn2)C1. The molecular weight excluding hydrogens is 260 g/mol. The molecule has 112 valence electrons. The highest BCUT2D eigenvalue weighted by Crippen LogP contribution is 2.16. The topological polar surface area (TPSA) is 33.1 Å². The molecule has 0 bridgehead atoms. The Balaban J connectivity index is 1.64. The van der Waals surface area contributed by atoms with Gasteiger partial charge >= 0.3 is 0 Å². The normalized spacial score (nSPS) is 19.5. The van der Waals surface area contributed by atoms with Gasteiger partial charge in [-0.3, -0.25) is 4.90 Å². The van der Waals surface area contributed by atoms with E-state index in [1.54, 1.807) is 0 Å². The number of rotatable bonds is 5. The molecule has 4 heteroatoms. The zero-order chi connectivity index (χ0) is 14.7. The van der Waals surface area contributed by atoms with Crippen LogP contribution in [0.4, 0.5) is 0 Å². The first-order chi connectivity index (χ1) is 10.2. The molecule has 1 aliphatic rings. The van der Waals surface area contributed by atoms with Crippen LogP contribution in [0.15, 0.2) is 42.7 Å². The molecule has 1 atom stereocenters. The van der Waals surface area contributed by atoms with Crippen molar-refractivity contribution < 1.29 is 0 Å². The van der Waals surface area contributed by atoms with Gasteiger partial charge in [0, 0.05) is 37.6 Å². The van der Waals surface area contributed by atoms with E-state index in [0.717, 1.165) is 18.8 Å². The number of hydrogen-bond acceptors (Lipinski definition) is 3. The molecule has 0 saturated carbocycles. The van der Waals surface area contributed by atoms with Gasteiger partial charge in [-0.1, -0.05) is 18.2 Å². The maximum atomic E-state index is 4.34. The third kappa shape index (κ3) is 3.34. The maximum Gasteiger partial charge on any atom is 0.0690 e. The number of nitrogens with zero attached hydrogens (tertiary/aromatic N) is 3. The van der Waals surface area contributed by atoms with Crippen molar-refractivity contribution in [2.24, 2.45) is 0 Å². The molecule has 1 N–H and O–H groups in total. The smallest absolute Gasteiger partial charge is 0.0690 e. The Hall–Kier alpha value is -1.65. The average molecular weight is 284 g/mol. The van der Waals surface area contributed by atoms with Crippen molar-refractivity contribution in [2.45, 2.75) is 38.9 Å². The van der Waals surface area contributed by atoms with Crippen molar-refractivity contribution in [1.29, 1.82) is 0 Å².